The number of nitroso groups, excluding NO2 is 1. The average Bonchev–Trinajstić information content (AvgIpc) is 2.86. The molecule has 0 saturated carbocycles. The zero-order valence-electron chi connectivity index (χ0n) is 11.1. The first-order chi connectivity index (χ1) is 9.15. The van der Waals surface area contributed by atoms with Gasteiger partial charge in [-0.1, -0.05) is 6.07 Å². The van der Waals surface area contributed by atoms with Crippen LogP contribution >= 0.6 is 0 Å². The number of benzene rings is 1. The minimum absolute atomic E-state index is 0.406. The van der Waals surface area contributed by atoms with E-state index in [4.69, 9.17) is 7.98 Å². The highest BCUT2D eigenvalue weighted by Gasteiger charge is 2.11. The second-order valence-corrected chi connectivity index (χ2v) is 4.38. The van der Waals surface area contributed by atoms with Crippen molar-refractivity contribution < 1.29 is 0 Å². The summed E-state index contributed by atoms with van der Waals surface area (Å²) >= 11 is 0. The van der Waals surface area contributed by atoms with Crippen molar-refractivity contribution in [2.45, 2.75) is 20.0 Å². The molecule has 1 aromatic carbocycles. The first-order valence-corrected chi connectivity index (χ1v) is 6.10. The quantitative estimate of drug-likeness (QED) is 0.608. The van der Waals surface area contributed by atoms with Gasteiger partial charge in [0, 0.05) is 24.8 Å². The molecule has 0 bridgehead atoms. The van der Waals surface area contributed by atoms with Gasteiger partial charge in [-0.2, -0.15) is 5.10 Å². The molecule has 6 heteroatoms. The fourth-order valence-electron chi connectivity index (χ4n) is 2.10. The summed E-state index contributed by atoms with van der Waals surface area (Å²) in [6.07, 6.45) is 1.76. The van der Waals surface area contributed by atoms with Crippen LogP contribution in [-0.2, 0) is 13.1 Å². The highest BCUT2D eigenvalue weighted by Crippen LogP contribution is 2.28. The molecule has 5 nitrogen and oxygen atoms in total. The molecule has 2 rings (SSSR count). The lowest BCUT2D eigenvalue weighted by Gasteiger charge is -2.15. The molecule has 0 amide bonds. The van der Waals surface area contributed by atoms with Crippen LogP contribution in [0, 0.1) is 4.91 Å². The van der Waals surface area contributed by atoms with Crippen LogP contribution in [0.15, 0.2) is 35.6 Å². The van der Waals surface area contributed by atoms with Crippen molar-refractivity contribution in [3.63, 3.8) is 0 Å². The van der Waals surface area contributed by atoms with Crippen LogP contribution in [0.5, 0.6) is 0 Å². The molecule has 0 atom stereocenters. The highest BCUT2D eigenvalue weighted by atomic mass is 16.3. The SMILES string of the molecule is [B]N(C)Cc1cc(N=O)ccc1-c1ccnn1CC. The van der Waals surface area contributed by atoms with E-state index in [1.807, 2.05) is 23.7 Å². The van der Waals surface area contributed by atoms with Crippen LogP contribution < -0.4 is 0 Å². The zero-order valence-corrected chi connectivity index (χ0v) is 11.1. The van der Waals surface area contributed by atoms with Crippen molar-refractivity contribution in [1.82, 2.24) is 14.6 Å². The Morgan fingerprint density at radius 1 is 1.42 bits per heavy atom. The average molecular weight is 254 g/mol. The third-order valence-electron chi connectivity index (χ3n) is 2.91. The maximum atomic E-state index is 10.7. The molecule has 0 saturated heterocycles. The summed E-state index contributed by atoms with van der Waals surface area (Å²) in [6.45, 7) is 3.36. The Kier molecular flexibility index (Phi) is 4.11. The smallest absolute Gasteiger partial charge is 0.182 e. The molecule has 0 N–H and O–H groups in total. The van der Waals surface area contributed by atoms with Crippen LogP contribution in [0.4, 0.5) is 5.69 Å². The van der Waals surface area contributed by atoms with Crippen molar-refractivity contribution >= 4 is 13.7 Å². The summed E-state index contributed by atoms with van der Waals surface area (Å²) < 4.78 is 1.91. The van der Waals surface area contributed by atoms with E-state index in [9.17, 15) is 4.91 Å². The van der Waals surface area contributed by atoms with E-state index in [1.54, 1.807) is 30.2 Å². The fraction of sp³-hybridized carbons (Fsp3) is 0.308. The Balaban J connectivity index is 2.52. The number of hydrogen-bond acceptors (Lipinski definition) is 4. The molecule has 0 spiro atoms. The van der Waals surface area contributed by atoms with E-state index in [1.165, 1.54) is 0 Å². The van der Waals surface area contributed by atoms with Gasteiger partial charge in [-0.05, 0) is 42.9 Å². The summed E-state index contributed by atoms with van der Waals surface area (Å²) in [6, 6.07) is 7.31. The molecular formula is C13H15BN4O. The second kappa shape index (κ2) is 5.80. The van der Waals surface area contributed by atoms with E-state index < -0.39 is 0 Å². The van der Waals surface area contributed by atoms with Crippen LogP contribution in [0.2, 0.25) is 0 Å². The van der Waals surface area contributed by atoms with Gasteiger partial charge in [0.2, 0.25) is 0 Å². The number of nitrogens with zero attached hydrogens (tertiary/aromatic N) is 4. The van der Waals surface area contributed by atoms with Crippen LogP contribution in [0.25, 0.3) is 11.3 Å². The number of aryl methyl sites for hydroxylation is 1. The van der Waals surface area contributed by atoms with E-state index >= 15 is 0 Å². The van der Waals surface area contributed by atoms with Gasteiger partial charge in [0.15, 0.2) is 7.98 Å². The largest absolute Gasteiger partial charge is 0.352 e. The summed E-state index contributed by atoms with van der Waals surface area (Å²) in [5.41, 5.74) is 3.39. The summed E-state index contributed by atoms with van der Waals surface area (Å²) in [5, 5.41) is 7.23. The van der Waals surface area contributed by atoms with Gasteiger partial charge in [0.05, 0.1) is 5.69 Å². The summed E-state index contributed by atoms with van der Waals surface area (Å²) in [5.74, 6) is 0. The van der Waals surface area contributed by atoms with Gasteiger partial charge in [-0.15, -0.1) is 4.91 Å². The summed E-state index contributed by atoms with van der Waals surface area (Å²) in [4.78, 5) is 12.2. The first kappa shape index (κ1) is 13.5. The molecule has 0 unspecified atom stereocenters. The highest BCUT2D eigenvalue weighted by molar-refractivity contribution is 6.04. The maximum absolute atomic E-state index is 10.7. The lowest BCUT2D eigenvalue weighted by molar-refractivity contribution is 0.544. The Morgan fingerprint density at radius 2 is 2.21 bits per heavy atom. The van der Waals surface area contributed by atoms with Gasteiger partial charge in [0.1, 0.15) is 5.69 Å². The predicted molar refractivity (Wildman–Crippen MR) is 76.0 cm³/mol. The van der Waals surface area contributed by atoms with E-state index in [0.717, 1.165) is 23.4 Å². The molecule has 19 heavy (non-hydrogen) atoms. The monoisotopic (exact) mass is 254 g/mol. The molecule has 0 fully saturated rings. The van der Waals surface area contributed by atoms with Gasteiger partial charge >= 0.3 is 0 Å². The third kappa shape index (κ3) is 2.90. The van der Waals surface area contributed by atoms with Gasteiger partial charge in [-0.3, -0.25) is 4.68 Å². The number of aromatic nitrogens is 2. The lowest BCUT2D eigenvalue weighted by Crippen LogP contribution is -2.14. The second-order valence-electron chi connectivity index (χ2n) is 4.38. The minimum Gasteiger partial charge on any atom is -0.352 e. The molecule has 1 heterocycles. The number of rotatable bonds is 5. The van der Waals surface area contributed by atoms with E-state index in [-0.39, 0.29) is 0 Å². The van der Waals surface area contributed by atoms with Crippen molar-refractivity contribution in [2.24, 2.45) is 5.18 Å². The third-order valence-corrected chi connectivity index (χ3v) is 2.91. The molecular weight excluding hydrogens is 239 g/mol. The Labute approximate surface area is 113 Å². The molecule has 0 aliphatic rings. The Hall–Kier alpha value is -1.95. The van der Waals surface area contributed by atoms with Gasteiger partial charge in [-0.25, -0.2) is 0 Å². The van der Waals surface area contributed by atoms with Crippen molar-refractivity contribution in [2.75, 3.05) is 7.05 Å². The molecule has 2 radical (unpaired) electrons. The fourth-order valence-corrected chi connectivity index (χ4v) is 2.10. The molecule has 0 aliphatic carbocycles. The van der Waals surface area contributed by atoms with Gasteiger partial charge in [0.25, 0.3) is 0 Å². The normalized spacial score (nSPS) is 10.9. The topological polar surface area (TPSA) is 50.5 Å². The van der Waals surface area contributed by atoms with Crippen LogP contribution in [0.1, 0.15) is 12.5 Å². The van der Waals surface area contributed by atoms with Crippen LogP contribution in [-0.4, -0.2) is 29.6 Å². The van der Waals surface area contributed by atoms with Gasteiger partial charge < -0.3 is 4.81 Å². The van der Waals surface area contributed by atoms with E-state index in [0.29, 0.717) is 12.2 Å². The molecule has 96 valence electrons. The van der Waals surface area contributed by atoms with Crippen LogP contribution in [0.3, 0.4) is 0 Å². The predicted octanol–water partition coefficient (Wildman–Crippen LogP) is 2.48. The van der Waals surface area contributed by atoms with Crippen molar-refractivity contribution in [3.05, 3.63) is 40.9 Å². The zero-order chi connectivity index (χ0) is 13.8. The van der Waals surface area contributed by atoms with E-state index in [2.05, 4.69) is 10.3 Å². The van der Waals surface area contributed by atoms with Crippen molar-refractivity contribution in [3.8, 4) is 11.3 Å². The minimum atomic E-state index is 0.406. The Bertz CT molecular complexity index is 580. The molecule has 0 aliphatic heterocycles. The molecule has 2 aromatic rings. The first-order valence-electron chi connectivity index (χ1n) is 6.10. The standard InChI is InChI=1S/C13H15BN4O/c1-3-18-13(6-7-15-18)12-5-4-11(16-19)8-10(12)9-17(2)14/h4-8H,3,9H2,1-2H3. The lowest BCUT2D eigenvalue weighted by atomic mass is 10.0. The molecule has 1 aromatic heterocycles. The number of hydrogen-bond donors (Lipinski definition) is 0. The Morgan fingerprint density at radius 3 is 2.84 bits per heavy atom. The van der Waals surface area contributed by atoms with Crippen molar-refractivity contribution in [1.29, 1.82) is 0 Å². The summed E-state index contributed by atoms with van der Waals surface area (Å²) in [7, 11) is 7.49. The maximum Gasteiger partial charge on any atom is 0.182 e.